The van der Waals surface area contributed by atoms with E-state index in [0.717, 1.165) is 32.1 Å². The van der Waals surface area contributed by atoms with Gasteiger partial charge in [-0.25, -0.2) is 4.79 Å². The molecule has 1 aliphatic heterocycles. The fourth-order valence-electron chi connectivity index (χ4n) is 15.4. The summed E-state index contributed by atoms with van der Waals surface area (Å²) in [5.41, 5.74) is 5.10. The standard InChI is InChI=1S/C89H137N13O16/c1-25-27-32-57(15)76(103)75-81(108)94-67(26-2)83(110)99(21)72(49-60-37-39-61(40-38-60)78(105)90-41-43-117-44-42-91-89(116)118-50-66-64-35-30-28-33-62(64)63-34-29-31-36-65(63)66)85(112)96(18)69(46-52(5)6)80(107)95-73(55(11)12)87(114)97(19)68(45-51(3)4)79(106)92-58(16)77(104)93-59(17)82(109)98(20)70(47-53(7)8)84(111)100(22)71(48-54(9)10)86(113)101(23)74(56(13)14)88(115)102(75)24/h25,27-31,33-40,51-59,66-76,103H,26,32,41-50H2,1-24H3,(H,90,105)(H,91,116)(H,92,106)(H,93,104)(H,94,108)(H,95,107)/b27-25+/t57-,58+,59+,67+,68-,69+,70-,71+,72?,73+,74-,75+,76-/m1/s1. The maximum atomic E-state index is 15.8. The van der Waals surface area contributed by atoms with Crippen LogP contribution in [0.5, 0.6) is 0 Å². The van der Waals surface area contributed by atoms with Crippen LogP contribution >= 0.6 is 0 Å². The van der Waals surface area contributed by atoms with E-state index in [2.05, 4.69) is 44.0 Å². The molecular formula is C89H137N13O16. The monoisotopic (exact) mass is 1640 g/mol. The third kappa shape index (κ3) is 26.4. The Morgan fingerprint density at radius 2 is 0.915 bits per heavy atom. The van der Waals surface area contributed by atoms with Crippen LogP contribution in [-0.2, 0) is 68.6 Å². The second kappa shape index (κ2) is 46.0. The summed E-state index contributed by atoms with van der Waals surface area (Å²) in [7, 11) is 9.85. The van der Waals surface area contributed by atoms with Crippen molar-refractivity contribution in [3.8, 4) is 11.1 Å². The lowest BCUT2D eigenvalue weighted by Crippen LogP contribution is -2.64. The van der Waals surface area contributed by atoms with E-state index in [4.69, 9.17) is 9.47 Å². The van der Waals surface area contributed by atoms with E-state index in [1.54, 1.807) is 84.9 Å². The fourth-order valence-corrected chi connectivity index (χ4v) is 15.4. The summed E-state index contributed by atoms with van der Waals surface area (Å²) < 4.78 is 11.4. The molecule has 13 atom stereocenters. The van der Waals surface area contributed by atoms with E-state index in [1.807, 2.05) is 91.8 Å². The van der Waals surface area contributed by atoms with E-state index in [9.17, 15) is 29.1 Å². The van der Waals surface area contributed by atoms with Crippen molar-refractivity contribution in [2.24, 2.45) is 41.4 Å². The summed E-state index contributed by atoms with van der Waals surface area (Å²) in [4.78, 5) is 201. The predicted molar refractivity (Wildman–Crippen MR) is 454 cm³/mol. The minimum absolute atomic E-state index is 0.0447. The maximum absolute atomic E-state index is 15.8. The minimum atomic E-state index is -1.72. The van der Waals surface area contributed by atoms with E-state index < -0.39 is 167 Å². The smallest absolute Gasteiger partial charge is 0.407 e. The molecule has 118 heavy (non-hydrogen) atoms. The summed E-state index contributed by atoms with van der Waals surface area (Å²) in [5, 5.41) is 29.2. The van der Waals surface area contributed by atoms with Crippen molar-refractivity contribution >= 4 is 77.0 Å². The molecule has 0 spiro atoms. The van der Waals surface area contributed by atoms with Crippen LogP contribution in [0.1, 0.15) is 189 Å². The largest absolute Gasteiger partial charge is 0.449 e. The molecule has 3 aromatic carbocycles. The van der Waals surface area contributed by atoms with Crippen LogP contribution in [0.2, 0.25) is 0 Å². The van der Waals surface area contributed by atoms with Gasteiger partial charge in [-0.2, -0.15) is 0 Å². The highest BCUT2D eigenvalue weighted by atomic mass is 16.5. The second-order valence-corrected chi connectivity index (χ2v) is 34.3. The molecular weight excluding hydrogens is 1510 g/mol. The van der Waals surface area contributed by atoms with Crippen molar-refractivity contribution in [3.63, 3.8) is 0 Å². The first kappa shape index (κ1) is 98.8. The molecule has 5 rings (SSSR count). The normalized spacial score (nSPS) is 23.5. The first-order valence-electron chi connectivity index (χ1n) is 41.8. The lowest BCUT2D eigenvalue weighted by Gasteiger charge is -2.41. The Hall–Kier alpha value is -9.77. The van der Waals surface area contributed by atoms with Gasteiger partial charge in [0.2, 0.25) is 65.0 Å². The Kier molecular flexibility index (Phi) is 38.5. The molecule has 2 aliphatic rings. The number of nitrogens with one attached hydrogen (secondary N) is 6. The minimum Gasteiger partial charge on any atom is -0.449 e. The third-order valence-corrected chi connectivity index (χ3v) is 22.4. The number of likely N-dealkylation sites (N-methyl/N-ethyl adjacent to an activating group) is 7. The van der Waals surface area contributed by atoms with Gasteiger partial charge in [-0.1, -0.05) is 170 Å². The quantitative estimate of drug-likeness (QED) is 0.0309. The van der Waals surface area contributed by atoms with E-state index in [1.165, 1.54) is 87.7 Å². The number of aliphatic hydroxyl groups excluding tert-OH is 1. The van der Waals surface area contributed by atoms with E-state index in [0.29, 0.717) is 5.56 Å². The molecule has 1 unspecified atom stereocenters. The molecule has 13 amide bonds. The molecule has 29 nitrogen and oxygen atoms in total. The number of carbonyl (C=O) groups is 13. The number of aliphatic hydroxyl groups is 1. The van der Waals surface area contributed by atoms with Gasteiger partial charge in [0.1, 0.15) is 73.1 Å². The average molecular weight is 1650 g/mol. The molecule has 0 saturated carbocycles. The SMILES string of the molecule is C/C=C/C[C@@H](C)[C@@H](O)[C@H]1C(=O)N[C@@H](CC)C(=O)N(C)C(Cc2ccc(C(=O)NCCOCCNC(=O)OCC3c4ccccc4-c4ccccc43)cc2)C(=O)N(C)[C@@H](CC(C)C)C(=O)N[C@@H](C(C)C)C(=O)N(C)[C@H](CC(C)C)C(=O)N[C@@H](C)C(=O)N[C@@H](C)C(=O)N(C)[C@H](CC(C)C)C(=O)N(C)[C@@H](CC(C)C)C(=O)N(C)[C@H](C(C)C)C(=O)N1C. The molecule has 7 N–H and O–H groups in total. The number of nitrogens with zero attached hydrogens (tertiary/aromatic N) is 7. The molecule has 654 valence electrons. The number of benzene rings is 3. The van der Waals surface area contributed by atoms with Gasteiger partial charge in [0, 0.05) is 80.3 Å². The zero-order valence-electron chi connectivity index (χ0n) is 74.3. The number of ether oxygens (including phenoxy) is 2. The van der Waals surface area contributed by atoms with Crippen LogP contribution in [0.15, 0.2) is 84.9 Å². The van der Waals surface area contributed by atoms with Gasteiger partial charge in [0.15, 0.2) is 0 Å². The van der Waals surface area contributed by atoms with Crippen molar-refractivity contribution in [2.45, 2.75) is 241 Å². The van der Waals surface area contributed by atoms with E-state index >= 15 is 38.4 Å². The van der Waals surface area contributed by atoms with Gasteiger partial charge in [-0.15, -0.1) is 0 Å². The molecule has 1 saturated heterocycles. The highest BCUT2D eigenvalue weighted by Crippen LogP contribution is 2.44. The first-order chi connectivity index (χ1) is 55.4. The summed E-state index contributed by atoms with van der Waals surface area (Å²) in [6, 6.07) is 7.73. The van der Waals surface area contributed by atoms with Crippen molar-refractivity contribution in [3.05, 3.63) is 107 Å². The second-order valence-electron chi connectivity index (χ2n) is 34.3. The first-order valence-corrected chi connectivity index (χ1v) is 41.8. The summed E-state index contributed by atoms with van der Waals surface area (Å²) in [6.07, 6.45) is 1.70. The topological polar surface area (TPSA) is 355 Å². The fraction of sp³-hybridized carbons (Fsp3) is 0.629. The molecule has 1 fully saturated rings. The van der Waals surface area contributed by atoms with Crippen LogP contribution < -0.4 is 31.9 Å². The molecule has 1 aliphatic carbocycles. The number of alkyl carbamates (subject to hydrolysis) is 1. The van der Waals surface area contributed by atoms with Gasteiger partial charge < -0.3 is 80.8 Å². The van der Waals surface area contributed by atoms with Gasteiger partial charge >= 0.3 is 6.09 Å². The van der Waals surface area contributed by atoms with Crippen LogP contribution in [-0.4, -0.2) is 271 Å². The predicted octanol–water partition coefficient (Wildman–Crippen LogP) is 7.17. The molecule has 1 heterocycles. The number of fused-ring (bicyclic) bond motifs is 3. The van der Waals surface area contributed by atoms with Gasteiger partial charge in [-0.05, 0) is 141 Å². The van der Waals surface area contributed by atoms with Gasteiger partial charge in [-0.3, -0.25) is 57.5 Å². The summed E-state index contributed by atoms with van der Waals surface area (Å²) in [6.45, 7) is 30.3. The van der Waals surface area contributed by atoms with Crippen molar-refractivity contribution in [2.75, 3.05) is 82.2 Å². The zero-order valence-corrected chi connectivity index (χ0v) is 74.3. The maximum Gasteiger partial charge on any atom is 0.407 e. The van der Waals surface area contributed by atoms with Crippen molar-refractivity contribution in [1.82, 2.24) is 66.2 Å². The van der Waals surface area contributed by atoms with Gasteiger partial charge in [0.25, 0.3) is 5.91 Å². The Morgan fingerprint density at radius 1 is 0.475 bits per heavy atom. The number of hydrogen-bond donors (Lipinski definition) is 7. The van der Waals surface area contributed by atoms with Gasteiger partial charge in [0.05, 0.1) is 19.3 Å². The molecule has 0 radical (unpaired) electrons. The Balaban J connectivity index is 1.56. The number of allylic oxidation sites excluding steroid dienone is 2. The van der Waals surface area contributed by atoms with Crippen LogP contribution in [0, 0.1) is 41.4 Å². The Labute approximate surface area is 699 Å². The van der Waals surface area contributed by atoms with Crippen LogP contribution in [0.25, 0.3) is 11.1 Å². The highest BCUT2D eigenvalue weighted by molar-refractivity contribution is 6.00. The summed E-state index contributed by atoms with van der Waals surface area (Å²) >= 11 is 0. The van der Waals surface area contributed by atoms with Crippen molar-refractivity contribution < 1.29 is 76.9 Å². The number of rotatable bonds is 26. The number of carbonyl (C=O) groups excluding carboxylic acids is 13. The van der Waals surface area contributed by atoms with E-state index in [-0.39, 0.29) is 113 Å². The average Bonchev–Trinajstić information content (AvgIpc) is 1.36. The zero-order chi connectivity index (χ0) is 88.6. The van der Waals surface area contributed by atoms with Crippen LogP contribution in [0.3, 0.4) is 0 Å². The highest BCUT2D eigenvalue weighted by Gasteiger charge is 2.47. The van der Waals surface area contributed by atoms with Crippen LogP contribution in [0.4, 0.5) is 4.79 Å². The lowest BCUT2D eigenvalue weighted by molar-refractivity contribution is -0.157. The number of amides is 13. The molecule has 29 heteroatoms. The molecule has 3 aromatic rings. The molecule has 0 bridgehead atoms. The summed E-state index contributed by atoms with van der Waals surface area (Å²) in [5.74, 6) is -11.4. The lowest BCUT2D eigenvalue weighted by atomic mass is 9.91. The number of hydrogen-bond acceptors (Lipinski definition) is 16. The molecule has 0 aromatic heterocycles. The van der Waals surface area contributed by atoms with Crippen molar-refractivity contribution in [1.29, 1.82) is 0 Å². The Morgan fingerprint density at radius 3 is 1.42 bits per heavy atom. The Bertz CT molecular complexity index is 3910. The third-order valence-electron chi connectivity index (χ3n) is 22.4.